The van der Waals surface area contributed by atoms with Gasteiger partial charge in [0, 0.05) is 19.1 Å². The highest BCUT2D eigenvalue weighted by atomic mass is 16.5. The van der Waals surface area contributed by atoms with Gasteiger partial charge in [0.05, 0.1) is 7.11 Å². The van der Waals surface area contributed by atoms with E-state index < -0.39 is 0 Å². The number of unbranched alkanes of at least 4 members (excludes halogenated alkanes) is 1. The predicted octanol–water partition coefficient (Wildman–Crippen LogP) is 6.21. The molecule has 5 nitrogen and oxygen atoms in total. The summed E-state index contributed by atoms with van der Waals surface area (Å²) in [6.07, 6.45) is 12.5. The average Bonchev–Trinajstić information content (AvgIpc) is 2.95. The molecule has 0 aromatic heterocycles. The molecule has 0 spiro atoms. The van der Waals surface area contributed by atoms with Crippen LogP contribution in [0.2, 0.25) is 0 Å². The molecule has 38 heavy (non-hydrogen) atoms. The first kappa shape index (κ1) is 28.3. The summed E-state index contributed by atoms with van der Waals surface area (Å²) in [4.78, 5) is 4.90. The van der Waals surface area contributed by atoms with Crippen LogP contribution in [0.1, 0.15) is 49.8 Å². The summed E-state index contributed by atoms with van der Waals surface area (Å²) in [6, 6.07) is 14.8. The van der Waals surface area contributed by atoms with Crippen LogP contribution in [0, 0.1) is 11.8 Å². The number of phenols is 1. The molecule has 0 saturated carbocycles. The summed E-state index contributed by atoms with van der Waals surface area (Å²) < 4.78 is 11.7. The minimum atomic E-state index is 0.276. The Labute approximate surface area is 229 Å². The number of allylic oxidation sites excluding steroid dienone is 1. The molecule has 0 aliphatic heterocycles. The first-order chi connectivity index (χ1) is 18.5. The van der Waals surface area contributed by atoms with E-state index >= 15 is 0 Å². The van der Waals surface area contributed by atoms with E-state index in [9.17, 15) is 5.11 Å². The van der Waals surface area contributed by atoms with Crippen LogP contribution < -0.4 is 4.74 Å². The molecule has 1 N–H and O–H groups in total. The van der Waals surface area contributed by atoms with Crippen LogP contribution >= 0.6 is 0 Å². The molecule has 206 valence electrons. The molecule has 2 aliphatic rings. The Morgan fingerprint density at radius 1 is 1.03 bits per heavy atom. The van der Waals surface area contributed by atoms with Crippen LogP contribution in [0.15, 0.2) is 66.5 Å². The van der Waals surface area contributed by atoms with Gasteiger partial charge in [-0.25, -0.2) is 0 Å². The molecular formula is C33H46N2O3. The van der Waals surface area contributed by atoms with Crippen LogP contribution in [-0.2, 0) is 24.1 Å². The largest absolute Gasteiger partial charge is 0.508 e. The van der Waals surface area contributed by atoms with Gasteiger partial charge in [-0.05, 0) is 111 Å². The van der Waals surface area contributed by atoms with Crippen molar-refractivity contribution in [3.8, 4) is 11.5 Å². The highest BCUT2D eigenvalue weighted by Gasteiger charge is 2.34. The number of fused-ring (bicyclic) bond motifs is 1. The van der Waals surface area contributed by atoms with Crippen molar-refractivity contribution < 1.29 is 14.6 Å². The molecule has 2 aliphatic carbocycles. The van der Waals surface area contributed by atoms with E-state index in [1.54, 1.807) is 7.11 Å². The zero-order valence-corrected chi connectivity index (χ0v) is 23.7. The van der Waals surface area contributed by atoms with E-state index in [-0.39, 0.29) is 6.04 Å². The molecule has 0 bridgehead atoms. The van der Waals surface area contributed by atoms with Gasteiger partial charge in [0.2, 0.25) is 0 Å². The third-order valence-corrected chi connectivity index (χ3v) is 8.22. The number of hydrogen-bond acceptors (Lipinski definition) is 5. The first-order valence-corrected chi connectivity index (χ1v) is 14.4. The quantitative estimate of drug-likeness (QED) is 0.341. The third-order valence-electron chi connectivity index (χ3n) is 8.22. The topological polar surface area (TPSA) is 45.2 Å². The molecular weight excluding hydrogens is 472 g/mol. The molecule has 4 rings (SSSR count). The number of nitrogens with zero attached hydrogens (tertiary/aromatic N) is 2. The Morgan fingerprint density at radius 3 is 2.58 bits per heavy atom. The van der Waals surface area contributed by atoms with E-state index in [1.165, 1.54) is 29.5 Å². The Morgan fingerprint density at radius 2 is 1.84 bits per heavy atom. The normalized spacial score (nSPS) is 20.9. The predicted molar refractivity (Wildman–Crippen MR) is 156 cm³/mol. The smallest absolute Gasteiger partial charge is 0.119 e. The SMILES string of the molecule is CCCCN(C)CCOc1ccc(CN(CC)C2C=C(OC)C=CC2[C@@H]2CCc3cc(O)ccc3C2)cc1. The Balaban J connectivity index is 1.40. The van der Waals surface area contributed by atoms with Crippen molar-refractivity contribution in [1.29, 1.82) is 0 Å². The van der Waals surface area contributed by atoms with Gasteiger partial charge in [0.1, 0.15) is 23.9 Å². The van der Waals surface area contributed by atoms with Crippen LogP contribution in [0.25, 0.3) is 0 Å². The Bertz CT molecular complexity index is 1080. The van der Waals surface area contributed by atoms with E-state index in [2.05, 4.69) is 79.3 Å². The van der Waals surface area contributed by atoms with E-state index in [4.69, 9.17) is 9.47 Å². The van der Waals surface area contributed by atoms with Crippen molar-refractivity contribution in [3.63, 3.8) is 0 Å². The molecule has 0 radical (unpaired) electrons. The minimum absolute atomic E-state index is 0.276. The van der Waals surface area contributed by atoms with E-state index in [0.29, 0.717) is 24.2 Å². The number of ether oxygens (including phenoxy) is 2. The fraction of sp³-hybridized carbons (Fsp3) is 0.515. The number of benzene rings is 2. The molecule has 2 aromatic carbocycles. The summed E-state index contributed by atoms with van der Waals surface area (Å²) in [5, 5.41) is 9.91. The van der Waals surface area contributed by atoms with Crippen LogP contribution in [0.4, 0.5) is 0 Å². The summed E-state index contributed by atoms with van der Waals surface area (Å²) >= 11 is 0. The highest BCUT2D eigenvalue weighted by Crippen LogP contribution is 2.38. The Kier molecular flexibility index (Phi) is 10.3. The lowest BCUT2D eigenvalue weighted by Crippen LogP contribution is -2.43. The molecule has 2 aromatic rings. The van der Waals surface area contributed by atoms with Gasteiger partial charge in [-0.15, -0.1) is 0 Å². The zero-order valence-electron chi connectivity index (χ0n) is 23.7. The van der Waals surface area contributed by atoms with Crippen molar-refractivity contribution in [2.45, 2.75) is 58.5 Å². The number of hydrogen-bond donors (Lipinski definition) is 1. The number of phenolic OH excluding ortho intramolecular Hbond substituents is 1. The van der Waals surface area contributed by atoms with Gasteiger partial charge in [-0.3, -0.25) is 4.90 Å². The molecule has 0 fully saturated rings. The molecule has 0 amide bonds. The first-order valence-electron chi connectivity index (χ1n) is 14.4. The van der Waals surface area contributed by atoms with Gasteiger partial charge in [0.15, 0.2) is 0 Å². The number of methoxy groups -OCH3 is 1. The zero-order chi connectivity index (χ0) is 26.9. The van der Waals surface area contributed by atoms with Gasteiger partial charge in [-0.1, -0.05) is 44.5 Å². The van der Waals surface area contributed by atoms with Crippen molar-refractivity contribution in [1.82, 2.24) is 9.80 Å². The number of aromatic hydroxyl groups is 1. The molecule has 2 unspecified atom stereocenters. The van der Waals surface area contributed by atoms with Gasteiger partial charge in [-0.2, -0.15) is 0 Å². The lowest BCUT2D eigenvalue weighted by Gasteiger charge is -2.41. The van der Waals surface area contributed by atoms with Crippen molar-refractivity contribution in [2.75, 3.05) is 40.4 Å². The summed E-state index contributed by atoms with van der Waals surface area (Å²) in [5.74, 6) is 3.23. The second-order valence-electron chi connectivity index (χ2n) is 10.9. The maximum atomic E-state index is 9.91. The maximum Gasteiger partial charge on any atom is 0.119 e. The van der Waals surface area contributed by atoms with Crippen molar-refractivity contribution in [2.24, 2.45) is 11.8 Å². The molecule has 0 heterocycles. The monoisotopic (exact) mass is 518 g/mol. The van der Waals surface area contributed by atoms with Crippen LogP contribution in [0.5, 0.6) is 11.5 Å². The lowest BCUT2D eigenvalue weighted by atomic mass is 9.72. The maximum absolute atomic E-state index is 9.91. The van der Waals surface area contributed by atoms with Gasteiger partial charge >= 0.3 is 0 Å². The summed E-state index contributed by atoms with van der Waals surface area (Å²) in [6.45, 7) is 9.11. The highest BCUT2D eigenvalue weighted by molar-refractivity contribution is 5.37. The standard InChI is InChI=1S/C33H46N2O3/c1-5-7-18-34(3)19-20-38-30-14-8-25(9-15-30)24-35(6-2)33-23-31(37-4)16-17-32(33)28-11-10-27-22-29(36)13-12-26(27)21-28/h8-9,12-17,22-23,28,32-33,36H,5-7,10-11,18-21,24H2,1-4H3/t28-,32?,33?/m1/s1. The van der Waals surface area contributed by atoms with E-state index in [1.807, 2.05) is 12.1 Å². The second-order valence-corrected chi connectivity index (χ2v) is 10.9. The van der Waals surface area contributed by atoms with Crippen LogP contribution in [-0.4, -0.2) is 61.3 Å². The van der Waals surface area contributed by atoms with Crippen molar-refractivity contribution >= 4 is 0 Å². The molecule has 5 heteroatoms. The molecule has 0 saturated heterocycles. The molecule has 3 atom stereocenters. The number of likely N-dealkylation sites (N-methyl/N-ethyl adjacent to an activating group) is 2. The van der Waals surface area contributed by atoms with Gasteiger partial charge in [0.25, 0.3) is 0 Å². The third kappa shape index (κ3) is 7.42. The second kappa shape index (κ2) is 13.9. The van der Waals surface area contributed by atoms with E-state index in [0.717, 1.165) is 57.0 Å². The number of aryl methyl sites for hydroxylation is 1. The minimum Gasteiger partial charge on any atom is -0.508 e. The van der Waals surface area contributed by atoms with Crippen LogP contribution in [0.3, 0.4) is 0 Å². The van der Waals surface area contributed by atoms with Gasteiger partial charge < -0.3 is 19.5 Å². The lowest BCUT2D eigenvalue weighted by molar-refractivity contribution is 0.147. The fourth-order valence-corrected chi connectivity index (χ4v) is 5.89. The van der Waals surface area contributed by atoms with Crippen molar-refractivity contribution in [3.05, 3.63) is 83.1 Å². The fourth-order valence-electron chi connectivity index (χ4n) is 5.89. The average molecular weight is 519 g/mol. The summed E-state index contributed by atoms with van der Waals surface area (Å²) in [5.41, 5.74) is 3.97. The Hall–Kier alpha value is -2.76. The number of rotatable bonds is 13. The summed E-state index contributed by atoms with van der Waals surface area (Å²) in [7, 11) is 3.92.